The molecule has 0 aliphatic rings. The first-order valence-electron chi connectivity index (χ1n) is 10.5. The third kappa shape index (κ3) is 7.43. The molecular weight excluding hydrogens is 437 g/mol. The van der Waals surface area contributed by atoms with E-state index in [9.17, 15) is 4.79 Å². The fraction of sp³-hybridized carbons (Fsp3) is 0.500. The molecule has 1 aromatic heterocycles. The summed E-state index contributed by atoms with van der Waals surface area (Å²) in [6.45, 7) is 10.2. The fourth-order valence-electron chi connectivity index (χ4n) is 3.07. The Morgan fingerprint density at radius 1 is 1.23 bits per heavy atom. The topological polar surface area (TPSA) is 102 Å². The van der Waals surface area contributed by atoms with Crippen LogP contribution in [0.1, 0.15) is 58.2 Å². The summed E-state index contributed by atoms with van der Waals surface area (Å²) in [5, 5.41) is 6.65. The Hall–Kier alpha value is -2.25. The largest absolute Gasteiger partial charge is 0.496 e. The van der Waals surface area contributed by atoms with E-state index in [-0.39, 0.29) is 24.6 Å². The number of methoxy groups -OCH3 is 1. The number of urea groups is 1. The van der Waals surface area contributed by atoms with E-state index in [1.54, 1.807) is 12.1 Å². The van der Waals surface area contributed by atoms with Crippen molar-refractivity contribution in [2.75, 3.05) is 12.8 Å². The molecule has 9 heteroatoms. The van der Waals surface area contributed by atoms with Gasteiger partial charge < -0.3 is 21.1 Å². The smallest absolute Gasteiger partial charge is 0.315 e. The highest BCUT2D eigenvalue weighted by Crippen LogP contribution is 2.40. The molecule has 0 spiro atoms. The molecule has 0 fully saturated rings. The summed E-state index contributed by atoms with van der Waals surface area (Å²) in [5.41, 5.74) is 8.37. The second-order valence-corrected chi connectivity index (χ2v) is 7.53. The standard InChI is InChI=1S/C20H27Cl2N5O2.C2H6/c1-5-7-13(6-2)25-20(28)24-10-15-11(3)18(27-19(23)26-15)17-14(22)8-12(21)9-16(17)29-4;1-2/h8-9,13H,5-7,10H2,1-4H3,(H2,23,26,27)(H2,24,25,28);1-2H3. The number of hydrogen-bond acceptors (Lipinski definition) is 5. The number of anilines is 1. The highest BCUT2D eigenvalue weighted by molar-refractivity contribution is 6.37. The summed E-state index contributed by atoms with van der Waals surface area (Å²) in [6, 6.07) is 3.17. The number of carbonyl (C=O) groups is 1. The molecule has 172 valence electrons. The van der Waals surface area contributed by atoms with Crippen LogP contribution in [0.5, 0.6) is 5.75 Å². The van der Waals surface area contributed by atoms with Gasteiger partial charge in [-0.15, -0.1) is 0 Å². The predicted molar refractivity (Wildman–Crippen MR) is 129 cm³/mol. The summed E-state index contributed by atoms with van der Waals surface area (Å²) in [4.78, 5) is 20.9. The lowest BCUT2D eigenvalue weighted by Gasteiger charge is -2.18. The van der Waals surface area contributed by atoms with E-state index < -0.39 is 0 Å². The molecule has 2 aromatic rings. The number of ether oxygens (including phenoxy) is 1. The Morgan fingerprint density at radius 3 is 2.48 bits per heavy atom. The lowest BCUT2D eigenvalue weighted by atomic mass is 10.0. The van der Waals surface area contributed by atoms with Gasteiger partial charge in [-0.2, -0.15) is 0 Å². The van der Waals surface area contributed by atoms with Crippen LogP contribution in [-0.4, -0.2) is 29.2 Å². The quantitative estimate of drug-likeness (QED) is 0.456. The molecule has 0 saturated heterocycles. The van der Waals surface area contributed by atoms with Crippen LogP contribution in [0.3, 0.4) is 0 Å². The molecule has 7 nitrogen and oxygen atoms in total. The van der Waals surface area contributed by atoms with Crippen molar-refractivity contribution in [1.82, 2.24) is 20.6 Å². The number of nitrogen functional groups attached to an aromatic ring is 1. The third-order valence-corrected chi connectivity index (χ3v) is 5.14. The van der Waals surface area contributed by atoms with Gasteiger partial charge in [0.1, 0.15) is 5.75 Å². The first kappa shape index (κ1) is 26.8. The number of nitrogens with two attached hydrogens (primary N) is 1. The van der Waals surface area contributed by atoms with Gasteiger partial charge in [-0.3, -0.25) is 0 Å². The number of amides is 2. The zero-order valence-electron chi connectivity index (χ0n) is 19.1. The highest BCUT2D eigenvalue weighted by atomic mass is 35.5. The average molecular weight is 470 g/mol. The van der Waals surface area contributed by atoms with Gasteiger partial charge >= 0.3 is 6.03 Å². The van der Waals surface area contributed by atoms with Crippen LogP contribution < -0.4 is 21.1 Å². The SMILES string of the molecule is CC.CCCC(CC)NC(=O)NCc1nc(N)nc(-c2c(Cl)cc(Cl)cc2OC)c1C. The zero-order valence-corrected chi connectivity index (χ0v) is 20.6. The monoisotopic (exact) mass is 469 g/mol. The molecule has 0 aliphatic heterocycles. The van der Waals surface area contributed by atoms with Crippen LogP contribution in [-0.2, 0) is 6.54 Å². The molecule has 0 radical (unpaired) electrons. The van der Waals surface area contributed by atoms with Gasteiger partial charge in [-0.25, -0.2) is 14.8 Å². The number of halogens is 2. The number of benzene rings is 1. The fourth-order valence-corrected chi connectivity index (χ4v) is 3.63. The van der Waals surface area contributed by atoms with Gasteiger partial charge in [-0.05, 0) is 37.5 Å². The van der Waals surface area contributed by atoms with Gasteiger partial charge in [0.05, 0.1) is 35.6 Å². The molecular formula is C22H33Cl2N5O2. The maximum atomic E-state index is 12.3. The van der Waals surface area contributed by atoms with Crippen molar-refractivity contribution in [2.45, 2.75) is 66.5 Å². The zero-order chi connectivity index (χ0) is 23.6. The summed E-state index contributed by atoms with van der Waals surface area (Å²) in [7, 11) is 1.53. The molecule has 2 amide bonds. The molecule has 0 saturated carbocycles. The van der Waals surface area contributed by atoms with Crippen LogP contribution in [0.15, 0.2) is 12.1 Å². The van der Waals surface area contributed by atoms with Crippen molar-refractivity contribution < 1.29 is 9.53 Å². The van der Waals surface area contributed by atoms with Crippen LogP contribution in [0.25, 0.3) is 11.3 Å². The molecule has 0 bridgehead atoms. The van der Waals surface area contributed by atoms with Crippen LogP contribution >= 0.6 is 23.2 Å². The van der Waals surface area contributed by atoms with E-state index in [2.05, 4.69) is 27.5 Å². The van der Waals surface area contributed by atoms with Crippen molar-refractivity contribution in [1.29, 1.82) is 0 Å². The van der Waals surface area contributed by atoms with Gasteiger partial charge in [-0.1, -0.05) is 57.3 Å². The second kappa shape index (κ2) is 13.2. The lowest BCUT2D eigenvalue weighted by molar-refractivity contribution is 0.235. The summed E-state index contributed by atoms with van der Waals surface area (Å²) in [5.74, 6) is 0.555. The Bertz CT molecular complexity index is 877. The van der Waals surface area contributed by atoms with Crippen LogP contribution in [0.4, 0.5) is 10.7 Å². The minimum absolute atomic E-state index is 0.0771. The van der Waals surface area contributed by atoms with Gasteiger partial charge in [0, 0.05) is 11.1 Å². The molecule has 2 rings (SSSR count). The van der Waals surface area contributed by atoms with Crippen molar-refractivity contribution in [3.05, 3.63) is 33.4 Å². The number of nitrogens with zero attached hydrogens (tertiary/aromatic N) is 2. The van der Waals surface area contributed by atoms with E-state index in [4.69, 9.17) is 33.7 Å². The maximum absolute atomic E-state index is 12.3. The highest BCUT2D eigenvalue weighted by Gasteiger charge is 2.19. The van der Waals surface area contributed by atoms with Crippen molar-refractivity contribution in [3.8, 4) is 17.0 Å². The van der Waals surface area contributed by atoms with Crippen molar-refractivity contribution >= 4 is 35.2 Å². The summed E-state index contributed by atoms with van der Waals surface area (Å²) >= 11 is 12.5. The summed E-state index contributed by atoms with van der Waals surface area (Å²) < 4.78 is 5.42. The molecule has 31 heavy (non-hydrogen) atoms. The molecule has 4 N–H and O–H groups in total. The van der Waals surface area contributed by atoms with E-state index in [1.807, 2.05) is 27.7 Å². The third-order valence-electron chi connectivity index (χ3n) is 4.62. The minimum atomic E-state index is -0.245. The Kier molecular flexibility index (Phi) is 11.4. The number of rotatable bonds is 8. The second-order valence-electron chi connectivity index (χ2n) is 6.69. The Morgan fingerprint density at radius 2 is 1.90 bits per heavy atom. The molecule has 1 heterocycles. The number of hydrogen-bond donors (Lipinski definition) is 3. The average Bonchev–Trinajstić information content (AvgIpc) is 2.74. The first-order valence-corrected chi connectivity index (χ1v) is 11.3. The molecule has 1 aromatic carbocycles. The number of nitrogens with one attached hydrogen (secondary N) is 2. The van der Waals surface area contributed by atoms with Gasteiger partial charge in [0.25, 0.3) is 0 Å². The minimum Gasteiger partial charge on any atom is -0.496 e. The normalized spacial score (nSPS) is 11.2. The molecule has 1 atom stereocenters. The van der Waals surface area contributed by atoms with Crippen molar-refractivity contribution in [2.24, 2.45) is 0 Å². The lowest BCUT2D eigenvalue weighted by Crippen LogP contribution is -2.41. The first-order chi connectivity index (χ1) is 14.8. The van der Waals surface area contributed by atoms with Crippen LogP contribution in [0, 0.1) is 6.92 Å². The van der Waals surface area contributed by atoms with Crippen LogP contribution in [0.2, 0.25) is 10.0 Å². The van der Waals surface area contributed by atoms with Crippen molar-refractivity contribution in [3.63, 3.8) is 0 Å². The number of carbonyl (C=O) groups excluding carboxylic acids is 1. The number of aromatic nitrogens is 2. The van der Waals surface area contributed by atoms with Gasteiger partial charge in [0.15, 0.2) is 0 Å². The molecule has 0 aliphatic carbocycles. The van der Waals surface area contributed by atoms with E-state index >= 15 is 0 Å². The Balaban J connectivity index is 0.00000233. The van der Waals surface area contributed by atoms with E-state index in [0.717, 1.165) is 24.8 Å². The van der Waals surface area contributed by atoms with E-state index in [0.29, 0.717) is 32.7 Å². The van der Waals surface area contributed by atoms with E-state index in [1.165, 1.54) is 7.11 Å². The van der Waals surface area contributed by atoms with Gasteiger partial charge in [0.2, 0.25) is 5.95 Å². The molecule has 1 unspecified atom stereocenters. The Labute approximate surface area is 195 Å². The maximum Gasteiger partial charge on any atom is 0.315 e. The summed E-state index contributed by atoms with van der Waals surface area (Å²) in [6.07, 6.45) is 2.82. The predicted octanol–water partition coefficient (Wildman–Crippen LogP) is 5.75.